The van der Waals surface area contributed by atoms with Gasteiger partial charge in [0.25, 0.3) is 0 Å². The molecule has 0 aromatic carbocycles. The number of rotatable bonds is 1. The van der Waals surface area contributed by atoms with Gasteiger partial charge in [-0.3, -0.25) is 0 Å². The number of hydrogen-bond acceptors (Lipinski definition) is 3. The second kappa shape index (κ2) is 4.86. The first-order valence-electron chi connectivity index (χ1n) is 5.12. The van der Waals surface area contributed by atoms with E-state index in [4.69, 9.17) is 9.84 Å². The highest BCUT2D eigenvalue weighted by atomic mass is 16.6. The van der Waals surface area contributed by atoms with Crippen molar-refractivity contribution in [2.45, 2.75) is 26.4 Å². The van der Waals surface area contributed by atoms with Crippen molar-refractivity contribution in [2.24, 2.45) is 0 Å². The molecule has 1 aliphatic rings. The van der Waals surface area contributed by atoms with Gasteiger partial charge in [0.15, 0.2) is 0 Å². The van der Waals surface area contributed by atoms with Gasteiger partial charge in [-0.15, -0.1) is 0 Å². The van der Waals surface area contributed by atoms with E-state index in [-0.39, 0.29) is 5.70 Å². The topological polar surface area (TPSA) is 66.8 Å². The Morgan fingerprint density at radius 1 is 1.24 bits per heavy atom. The Bertz CT molecular complexity index is 413. The highest BCUT2D eigenvalue weighted by molar-refractivity contribution is 5.92. The number of carboxylic acids is 1. The van der Waals surface area contributed by atoms with Crippen molar-refractivity contribution in [1.29, 1.82) is 0 Å². The van der Waals surface area contributed by atoms with Crippen LogP contribution in [0.5, 0.6) is 0 Å². The molecule has 0 saturated carbocycles. The average Bonchev–Trinajstić information content (AvgIpc) is 2.39. The molecule has 0 radical (unpaired) electrons. The molecule has 0 atom stereocenters. The SMILES string of the molecule is CC(C)(C)OC(=O)N1C=CC=CC=C1C(=O)O. The molecule has 1 rings (SSSR count). The number of allylic oxidation sites excluding steroid dienone is 4. The van der Waals surface area contributed by atoms with Crippen LogP contribution in [0.25, 0.3) is 0 Å². The van der Waals surface area contributed by atoms with E-state index in [1.807, 2.05) is 0 Å². The van der Waals surface area contributed by atoms with E-state index in [1.165, 1.54) is 12.3 Å². The Hall–Kier alpha value is -2.04. The highest BCUT2D eigenvalue weighted by Crippen LogP contribution is 2.16. The summed E-state index contributed by atoms with van der Waals surface area (Å²) in [6, 6.07) is 0. The third-order valence-corrected chi connectivity index (χ3v) is 1.78. The van der Waals surface area contributed by atoms with Crippen LogP contribution in [0, 0.1) is 0 Å². The van der Waals surface area contributed by atoms with Crippen LogP contribution in [-0.2, 0) is 9.53 Å². The minimum absolute atomic E-state index is 0.149. The first-order valence-corrected chi connectivity index (χ1v) is 5.12. The summed E-state index contributed by atoms with van der Waals surface area (Å²) in [4.78, 5) is 23.8. The van der Waals surface area contributed by atoms with Gasteiger partial charge in [0.2, 0.25) is 0 Å². The molecule has 0 aliphatic carbocycles. The van der Waals surface area contributed by atoms with Crippen LogP contribution in [0.4, 0.5) is 4.79 Å². The van der Waals surface area contributed by atoms with E-state index in [2.05, 4.69) is 0 Å². The molecule has 0 spiro atoms. The predicted molar refractivity (Wildman–Crippen MR) is 62.1 cm³/mol. The van der Waals surface area contributed by atoms with Gasteiger partial charge in [0.1, 0.15) is 11.3 Å². The van der Waals surface area contributed by atoms with Gasteiger partial charge in [-0.25, -0.2) is 14.5 Å². The van der Waals surface area contributed by atoms with E-state index in [0.29, 0.717) is 0 Å². The molecule has 1 N–H and O–H groups in total. The zero-order valence-corrected chi connectivity index (χ0v) is 10.0. The van der Waals surface area contributed by atoms with Crippen LogP contribution >= 0.6 is 0 Å². The standard InChI is InChI=1S/C12H15NO4/c1-12(2,3)17-11(16)13-8-6-4-5-7-9(13)10(14)15/h4-8H,1-3H3,(H,14,15). The lowest BCUT2D eigenvalue weighted by atomic mass is 10.2. The maximum absolute atomic E-state index is 11.8. The van der Waals surface area contributed by atoms with E-state index < -0.39 is 17.7 Å². The number of carbonyl (C=O) groups is 2. The van der Waals surface area contributed by atoms with Crippen LogP contribution in [0.3, 0.4) is 0 Å². The second-order valence-electron chi connectivity index (χ2n) is 4.43. The summed E-state index contributed by atoms with van der Waals surface area (Å²) in [5, 5.41) is 9.00. The van der Waals surface area contributed by atoms with Gasteiger partial charge in [-0.1, -0.05) is 12.2 Å². The first-order chi connectivity index (χ1) is 7.81. The molecule has 1 amide bonds. The summed E-state index contributed by atoms with van der Waals surface area (Å²) < 4.78 is 5.12. The Labute approximate surface area is 99.7 Å². The fraction of sp³-hybridized carbons (Fsp3) is 0.333. The number of aliphatic carboxylic acids is 1. The van der Waals surface area contributed by atoms with Crippen LogP contribution in [-0.4, -0.2) is 27.7 Å². The molecule has 5 heteroatoms. The number of amides is 1. The summed E-state index contributed by atoms with van der Waals surface area (Å²) in [5.74, 6) is -1.19. The molecular weight excluding hydrogens is 222 g/mol. The lowest BCUT2D eigenvalue weighted by Gasteiger charge is -2.24. The van der Waals surface area contributed by atoms with E-state index >= 15 is 0 Å². The number of carboxylic acid groups (broad SMARTS) is 1. The maximum Gasteiger partial charge on any atom is 0.419 e. The number of hydrogen-bond donors (Lipinski definition) is 1. The lowest BCUT2D eigenvalue weighted by Crippen LogP contribution is -2.35. The van der Waals surface area contributed by atoms with Crippen LogP contribution in [0.1, 0.15) is 20.8 Å². The minimum Gasteiger partial charge on any atom is -0.477 e. The zero-order valence-electron chi connectivity index (χ0n) is 10.0. The smallest absolute Gasteiger partial charge is 0.419 e. The first kappa shape index (κ1) is 13.0. The van der Waals surface area contributed by atoms with Crippen molar-refractivity contribution < 1.29 is 19.4 Å². The number of carbonyl (C=O) groups excluding carboxylic acids is 1. The van der Waals surface area contributed by atoms with Crippen molar-refractivity contribution in [2.75, 3.05) is 0 Å². The van der Waals surface area contributed by atoms with Crippen molar-refractivity contribution in [3.05, 3.63) is 36.2 Å². The third-order valence-electron chi connectivity index (χ3n) is 1.78. The van der Waals surface area contributed by atoms with Gasteiger partial charge >= 0.3 is 12.1 Å². The Morgan fingerprint density at radius 2 is 1.88 bits per heavy atom. The molecule has 0 aromatic heterocycles. The summed E-state index contributed by atoms with van der Waals surface area (Å²) in [5.41, 5.74) is -0.821. The molecular formula is C12H15NO4. The summed E-state index contributed by atoms with van der Waals surface area (Å²) in [6.45, 7) is 5.15. The van der Waals surface area contributed by atoms with Crippen molar-refractivity contribution in [3.63, 3.8) is 0 Å². The van der Waals surface area contributed by atoms with Gasteiger partial charge in [0, 0.05) is 6.20 Å². The molecule has 0 fully saturated rings. The molecule has 0 saturated heterocycles. The van der Waals surface area contributed by atoms with Crippen LogP contribution in [0.15, 0.2) is 36.2 Å². The fourth-order valence-corrected chi connectivity index (χ4v) is 1.15. The molecule has 0 aromatic rings. The highest BCUT2D eigenvalue weighted by Gasteiger charge is 2.26. The molecule has 1 heterocycles. The molecule has 0 unspecified atom stereocenters. The summed E-state index contributed by atoms with van der Waals surface area (Å²) >= 11 is 0. The van der Waals surface area contributed by atoms with Crippen molar-refractivity contribution >= 4 is 12.1 Å². The number of ether oxygens (including phenoxy) is 1. The lowest BCUT2D eigenvalue weighted by molar-refractivity contribution is -0.134. The normalized spacial score (nSPS) is 15.2. The van der Waals surface area contributed by atoms with Gasteiger partial charge < -0.3 is 9.84 Å². The van der Waals surface area contributed by atoms with E-state index in [9.17, 15) is 9.59 Å². The van der Waals surface area contributed by atoms with E-state index in [1.54, 1.807) is 39.0 Å². The zero-order chi connectivity index (χ0) is 13.1. The largest absolute Gasteiger partial charge is 0.477 e. The predicted octanol–water partition coefficient (Wildman–Crippen LogP) is 2.28. The number of nitrogens with zero attached hydrogens (tertiary/aromatic N) is 1. The Morgan fingerprint density at radius 3 is 2.41 bits per heavy atom. The third kappa shape index (κ3) is 3.79. The summed E-state index contributed by atoms with van der Waals surface area (Å²) in [7, 11) is 0. The van der Waals surface area contributed by atoms with Gasteiger partial charge in [-0.2, -0.15) is 0 Å². The van der Waals surface area contributed by atoms with Crippen molar-refractivity contribution in [3.8, 4) is 0 Å². The van der Waals surface area contributed by atoms with Crippen LogP contribution in [0.2, 0.25) is 0 Å². The summed E-state index contributed by atoms with van der Waals surface area (Å²) in [6.07, 6.45) is 6.73. The average molecular weight is 237 g/mol. The quantitative estimate of drug-likeness (QED) is 0.759. The van der Waals surface area contributed by atoms with Crippen LogP contribution < -0.4 is 0 Å². The second-order valence-corrected chi connectivity index (χ2v) is 4.43. The maximum atomic E-state index is 11.8. The van der Waals surface area contributed by atoms with Crippen molar-refractivity contribution in [1.82, 2.24) is 4.90 Å². The fourth-order valence-electron chi connectivity index (χ4n) is 1.15. The molecule has 0 bridgehead atoms. The Balaban J connectivity index is 2.94. The molecule has 5 nitrogen and oxygen atoms in total. The molecule has 17 heavy (non-hydrogen) atoms. The van der Waals surface area contributed by atoms with Gasteiger partial charge in [0.05, 0.1) is 0 Å². The minimum atomic E-state index is -1.19. The molecule has 92 valence electrons. The van der Waals surface area contributed by atoms with Gasteiger partial charge in [-0.05, 0) is 32.9 Å². The monoisotopic (exact) mass is 237 g/mol. The molecule has 1 aliphatic heterocycles. The Kier molecular flexibility index (Phi) is 3.73. The van der Waals surface area contributed by atoms with E-state index in [0.717, 1.165) is 4.90 Å².